The van der Waals surface area contributed by atoms with E-state index in [-0.39, 0.29) is 5.91 Å². The molecule has 0 spiro atoms. The molecule has 0 radical (unpaired) electrons. The van der Waals surface area contributed by atoms with Crippen LogP contribution < -0.4 is 5.32 Å². The molecule has 19 heavy (non-hydrogen) atoms. The van der Waals surface area contributed by atoms with E-state index in [4.69, 9.17) is 11.6 Å². The van der Waals surface area contributed by atoms with Crippen molar-refractivity contribution in [3.05, 3.63) is 52.3 Å². The first-order valence-electron chi connectivity index (χ1n) is 6.17. The van der Waals surface area contributed by atoms with Crippen LogP contribution in [0, 0.1) is 6.92 Å². The van der Waals surface area contributed by atoms with Gasteiger partial charge in [-0.15, -0.1) is 0 Å². The molecule has 0 unspecified atom stereocenters. The number of nitrogens with zero attached hydrogens (tertiary/aromatic N) is 2. The lowest BCUT2D eigenvalue weighted by Gasteiger charge is -2.06. The van der Waals surface area contributed by atoms with Gasteiger partial charge in [0.05, 0.1) is 16.8 Å². The molecule has 0 aliphatic carbocycles. The van der Waals surface area contributed by atoms with Gasteiger partial charge in [-0.2, -0.15) is 5.10 Å². The summed E-state index contributed by atoms with van der Waals surface area (Å²) < 4.78 is 1.90. The molecular formula is C14H16ClN3O. The molecule has 0 bridgehead atoms. The van der Waals surface area contributed by atoms with E-state index in [1.54, 1.807) is 30.5 Å². The first-order valence-corrected chi connectivity index (χ1v) is 6.55. The number of carbonyl (C=O) groups excluding carboxylic acids is 1. The Hall–Kier alpha value is -1.81. The molecule has 1 aromatic heterocycles. The minimum Gasteiger partial charge on any atom is -0.348 e. The van der Waals surface area contributed by atoms with Gasteiger partial charge < -0.3 is 5.32 Å². The van der Waals surface area contributed by atoms with Gasteiger partial charge in [-0.1, -0.05) is 23.7 Å². The van der Waals surface area contributed by atoms with Crippen LogP contribution >= 0.6 is 11.6 Å². The summed E-state index contributed by atoms with van der Waals surface area (Å²) >= 11 is 5.98. The Morgan fingerprint density at radius 2 is 2.16 bits per heavy atom. The van der Waals surface area contributed by atoms with Crippen LogP contribution in [0.1, 0.15) is 28.5 Å². The first kappa shape index (κ1) is 13.6. The maximum Gasteiger partial charge on any atom is 0.253 e. The Kier molecular flexibility index (Phi) is 4.22. The largest absolute Gasteiger partial charge is 0.348 e. The predicted octanol–water partition coefficient (Wildman–Crippen LogP) is 2.79. The second kappa shape index (κ2) is 5.89. The van der Waals surface area contributed by atoms with Crippen molar-refractivity contribution < 1.29 is 4.79 Å². The quantitative estimate of drug-likeness (QED) is 0.934. The van der Waals surface area contributed by atoms with Crippen LogP contribution in [0.3, 0.4) is 0 Å². The van der Waals surface area contributed by atoms with Crippen LogP contribution in [0.4, 0.5) is 0 Å². The topological polar surface area (TPSA) is 46.9 Å². The van der Waals surface area contributed by atoms with E-state index in [1.165, 1.54) is 0 Å². The molecule has 100 valence electrons. The van der Waals surface area contributed by atoms with E-state index < -0.39 is 0 Å². The minimum absolute atomic E-state index is 0.172. The lowest BCUT2D eigenvalue weighted by molar-refractivity contribution is 0.0951. The van der Waals surface area contributed by atoms with Crippen LogP contribution in [0.15, 0.2) is 30.5 Å². The molecule has 0 aliphatic heterocycles. The number of halogens is 1. The van der Waals surface area contributed by atoms with E-state index in [2.05, 4.69) is 10.4 Å². The monoisotopic (exact) mass is 277 g/mol. The van der Waals surface area contributed by atoms with Crippen LogP contribution in [-0.2, 0) is 13.1 Å². The Balaban J connectivity index is 2.05. The number of aromatic nitrogens is 2. The van der Waals surface area contributed by atoms with Gasteiger partial charge in [0, 0.05) is 24.3 Å². The van der Waals surface area contributed by atoms with E-state index in [0.717, 1.165) is 17.8 Å². The van der Waals surface area contributed by atoms with Crippen molar-refractivity contribution in [3.63, 3.8) is 0 Å². The second-order valence-electron chi connectivity index (χ2n) is 4.23. The van der Waals surface area contributed by atoms with Crippen LogP contribution in [0.5, 0.6) is 0 Å². The number of hydrogen-bond donors (Lipinski definition) is 1. The number of aryl methyl sites for hydroxylation is 1. The average molecular weight is 278 g/mol. The summed E-state index contributed by atoms with van der Waals surface area (Å²) in [6.07, 6.45) is 1.78. The van der Waals surface area contributed by atoms with Gasteiger partial charge in [0.1, 0.15) is 0 Å². The third-order valence-corrected chi connectivity index (χ3v) is 3.39. The predicted molar refractivity (Wildman–Crippen MR) is 75.3 cm³/mol. The molecule has 0 atom stereocenters. The summed E-state index contributed by atoms with van der Waals surface area (Å²) in [5.41, 5.74) is 2.58. The summed E-state index contributed by atoms with van der Waals surface area (Å²) in [4.78, 5) is 12.0. The van der Waals surface area contributed by atoms with Crippen molar-refractivity contribution in [2.24, 2.45) is 0 Å². The first-order chi connectivity index (χ1) is 9.13. The maximum absolute atomic E-state index is 12.0. The Labute approximate surface area is 117 Å². The van der Waals surface area contributed by atoms with Crippen LogP contribution in [0.2, 0.25) is 5.02 Å². The summed E-state index contributed by atoms with van der Waals surface area (Å²) in [5.74, 6) is -0.172. The number of amides is 1. The highest BCUT2D eigenvalue weighted by molar-refractivity contribution is 6.33. The summed E-state index contributed by atoms with van der Waals surface area (Å²) in [5, 5.41) is 7.56. The minimum atomic E-state index is -0.172. The number of benzene rings is 1. The lowest BCUT2D eigenvalue weighted by atomic mass is 10.2. The molecule has 2 aromatic rings. The molecule has 2 rings (SSSR count). The number of rotatable bonds is 4. The lowest BCUT2D eigenvalue weighted by Crippen LogP contribution is -2.23. The van der Waals surface area contributed by atoms with Gasteiger partial charge in [0.15, 0.2) is 0 Å². The number of carbonyl (C=O) groups is 1. The van der Waals surface area contributed by atoms with Crippen molar-refractivity contribution >= 4 is 17.5 Å². The second-order valence-corrected chi connectivity index (χ2v) is 4.64. The third kappa shape index (κ3) is 2.96. The van der Waals surface area contributed by atoms with Crippen molar-refractivity contribution in [1.29, 1.82) is 0 Å². The van der Waals surface area contributed by atoms with Crippen molar-refractivity contribution in [2.75, 3.05) is 0 Å². The molecule has 1 N–H and O–H groups in total. The Bertz CT molecular complexity index is 592. The zero-order valence-corrected chi connectivity index (χ0v) is 11.7. The highest BCUT2D eigenvalue weighted by atomic mass is 35.5. The molecule has 1 amide bonds. The summed E-state index contributed by atoms with van der Waals surface area (Å²) in [6, 6.07) is 7.01. The third-order valence-electron chi connectivity index (χ3n) is 3.06. The van der Waals surface area contributed by atoms with Gasteiger partial charge in [-0.05, 0) is 26.0 Å². The Morgan fingerprint density at radius 1 is 1.42 bits per heavy atom. The number of hydrogen-bond acceptors (Lipinski definition) is 2. The van der Waals surface area contributed by atoms with Crippen molar-refractivity contribution in [2.45, 2.75) is 26.9 Å². The molecule has 0 aliphatic rings. The molecule has 1 heterocycles. The van der Waals surface area contributed by atoms with Crippen LogP contribution in [-0.4, -0.2) is 15.7 Å². The zero-order valence-electron chi connectivity index (χ0n) is 11.0. The van der Waals surface area contributed by atoms with Gasteiger partial charge in [-0.3, -0.25) is 9.48 Å². The van der Waals surface area contributed by atoms with E-state index in [1.807, 2.05) is 18.5 Å². The average Bonchev–Trinajstić information content (AvgIpc) is 2.77. The molecule has 0 fully saturated rings. The van der Waals surface area contributed by atoms with Gasteiger partial charge in [-0.25, -0.2) is 0 Å². The molecule has 5 heteroatoms. The fourth-order valence-corrected chi connectivity index (χ4v) is 2.12. The van der Waals surface area contributed by atoms with E-state index >= 15 is 0 Å². The highest BCUT2D eigenvalue weighted by Gasteiger charge is 2.11. The van der Waals surface area contributed by atoms with E-state index in [0.29, 0.717) is 17.1 Å². The van der Waals surface area contributed by atoms with Gasteiger partial charge in [0.2, 0.25) is 0 Å². The zero-order chi connectivity index (χ0) is 13.8. The molecule has 0 saturated heterocycles. The van der Waals surface area contributed by atoms with Crippen LogP contribution in [0.25, 0.3) is 0 Å². The van der Waals surface area contributed by atoms with Gasteiger partial charge in [0.25, 0.3) is 5.91 Å². The fourth-order valence-electron chi connectivity index (χ4n) is 1.89. The summed E-state index contributed by atoms with van der Waals surface area (Å²) in [7, 11) is 0. The van der Waals surface area contributed by atoms with E-state index in [9.17, 15) is 4.79 Å². The SMILES string of the molecule is CCn1ncc(CNC(=O)c2ccccc2Cl)c1C. The maximum atomic E-state index is 12.0. The number of nitrogens with one attached hydrogen (secondary N) is 1. The normalized spacial score (nSPS) is 10.5. The fraction of sp³-hybridized carbons (Fsp3) is 0.286. The van der Waals surface area contributed by atoms with Crippen molar-refractivity contribution in [3.8, 4) is 0 Å². The molecule has 0 saturated carbocycles. The Morgan fingerprint density at radius 3 is 2.79 bits per heavy atom. The molecule has 4 nitrogen and oxygen atoms in total. The smallest absolute Gasteiger partial charge is 0.253 e. The van der Waals surface area contributed by atoms with Crippen molar-refractivity contribution in [1.82, 2.24) is 15.1 Å². The summed E-state index contributed by atoms with van der Waals surface area (Å²) in [6.45, 7) is 5.31. The molecule has 1 aromatic carbocycles. The standard InChI is InChI=1S/C14H16ClN3O/c1-3-18-10(2)11(9-17-18)8-16-14(19)12-6-4-5-7-13(12)15/h4-7,9H,3,8H2,1-2H3,(H,16,19). The highest BCUT2D eigenvalue weighted by Crippen LogP contribution is 2.15. The van der Waals surface area contributed by atoms with Gasteiger partial charge >= 0.3 is 0 Å². The molecular weight excluding hydrogens is 262 g/mol.